The van der Waals surface area contributed by atoms with Crippen LogP contribution in [0.15, 0.2) is 23.1 Å². The van der Waals surface area contributed by atoms with E-state index in [1.54, 1.807) is 0 Å². The third-order valence-corrected chi connectivity index (χ3v) is 2.73. The number of ether oxygens (including phenoxy) is 1. The zero-order valence-electron chi connectivity index (χ0n) is 8.59. The van der Waals surface area contributed by atoms with Gasteiger partial charge in [0.2, 0.25) is 0 Å². The average Bonchev–Trinajstić information content (AvgIpc) is 2.19. The molecule has 0 heterocycles. The SMILES string of the molecule is NCCCOc1ccc(N)cc1S(=O)(=O)O. The fourth-order valence-electron chi connectivity index (χ4n) is 1.11. The lowest BCUT2D eigenvalue weighted by atomic mass is 10.3. The summed E-state index contributed by atoms with van der Waals surface area (Å²) in [6.07, 6.45) is 0.593. The van der Waals surface area contributed by atoms with Crippen LogP contribution >= 0.6 is 0 Å². The van der Waals surface area contributed by atoms with Gasteiger partial charge in [-0.05, 0) is 31.2 Å². The molecule has 0 radical (unpaired) electrons. The van der Waals surface area contributed by atoms with Crippen LogP contribution in [0.25, 0.3) is 0 Å². The molecule has 7 heteroatoms. The Morgan fingerprint density at radius 1 is 1.38 bits per heavy atom. The van der Waals surface area contributed by atoms with Crippen molar-refractivity contribution >= 4 is 15.8 Å². The molecule has 16 heavy (non-hydrogen) atoms. The Kier molecular flexibility index (Phi) is 4.11. The van der Waals surface area contributed by atoms with Gasteiger partial charge in [0, 0.05) is 5.69 Å². The van der Waals surface area contributed by atoms with Crippen LogP contribution in [0, 0.1) is 0 Å². The maximum atomic E-state index is 11.0. The van der Waals surface area contributed by atoms with Gasteiger partial charge in [-0.1, -0.05) is 0 Å². The van der Waals surface area contributed by atoms with E-state index in [0.29, 0.717) is 13.0 Å². The first kappa shape index (κ1) is 12.8. The van der Waals surface area contributed by atoms with Gasteiger partial charge in [-0.15, -0.1) is 0 Å². The van der Waals surface area contributed by atoms with Crippen LogP contribution in [0.1, 0.15) is 6.42 Å². The van der Waals surface area contributed by atoms with Crippen LogP contribution < -0.4 is 16.2 Å². The number of rotatable bonds is 5. The molecule has 0 unspecified atom stereocenters. The Balaban J connectivity index is 2.99. The van der Waals surface area contributed by atoms with Crippen LogP contribution in [0.2, 0.25) is 0 Å². The minimum Gasteiger partial charge on any atom is -0.492 e. The van der Waals surface area contributed by atoms with Crippen molar-refractivity contribution in [3.8, 4) is 5.75 Å². The molecular formula is C9H14N2O4S. The molecule has 1 rings (SSSR count). The summed E-state index contributed by atoms with van der Waals surface area (Å²) in [4.78, 5) is -0.329. The fraction of sp³-hybridized carbons (Fsp3) is 0.333. The predicted molar refractivity (Wildman–Crippen MR) is 59.8 cm³/mol. The van der Waals surface area contributed by atoms with Gasteiger partial charge in [-0.2, -0.15) is 8.42 Å². The first-order chi connectivity index (χ1) is 7.45. The van der Waals surface area contributed by atoms with E-state index in [2.05, 4.69) is 0 Å². The molecular weight excluding hydrogens is 232 g/mol. The quantitative estimate of drug-likeness (QED) is 0.389. The molecule has 1 aromatic rings. The first-order valence-electron chi connectivity index (χ1n) is 4.65. The van der Waals surface area contributed by atoms with E-state index in [9.17, 15) is 8.42 Å². The van der Waals surface area contributed by atoms with Crippen LogP contribution in [0.3, 0.4) is 0 Å². The van der Waals surface area contributed by atoms with Gasteiger partial charge in [-0.25, -0.2) is 0 Å². The molecule has 0 amide bonds. The lowest BCUT2D eigenvalue weighted by Gasteiger charge is -2.09. The molecule has 0 atom stereocenters. The number of hydrogen-bond donors (Lipinski definition) is 3. The smallest absolute Gasteiger partial charge is 0.298 e. The van der Waals surface area contributed by atoms with Gasteiger partial charge in [0.05, 0.1) is 6.61 Å². The van der Waals surface area contributed by atoms with Crippen molar-refractivity contribution in [2.45, 2.75) is 11.3 Å². The van der Waals surface area contributed by atoms with Crippen LogP contribution in [0.5, 0.6) is 5.75 Å². The Bertz CT molecular complexity index is 459. The normalized spacial score (nSPS) is 11.4. The molecule has 0 aromatic heterocycles. The van der Waals surface area contributed by atoms with Crippen LogP contribution in [0.4, 0.5) is 5.69 Å². The van der Waals surface area contributed by atoms with Gasteiger partial charge >= 0.3 is 0 Å². The van der Waals surface area contributed by atoms with Crippen molar-refractivity contribution in [3.05, 3.63) is 18.2 Å². The second kappa shape index (κ2) is 5.15. The Labute approximate surface area is 93.9 Å². The molecule has 5 N–H and O–H groups in total. The second-order valence-corrected chi connectivity index (χ2v) is 4.56. The molecule has 1 aromatic carbocycles. The number of hydrogen-bond acceptors (Lipinski definition) is 5. The van der Waals surface area contributed by atoms with Gasteiger partial charge in [0.25, 0.3) is 10.1 Å². The maximum absolute atomic E-state index is 11.0. The molecule has 0 saturated heterocycles. The molecule has 0 bridgehead atoms. The fourth-order valence-corrected chi connectivity index (χ4v) is 1.78. The average molecular weight is 246 g/mol. The van der Waals surface area contributed by atoms with Gasteiger partial charge < -0.3 is 16.2 Å². The zero-order chi connectivity index (χ0) is 12.2. The van der Waals surface area contributed by atoms with E-state index in [1.807, 2.05) is 0 Å². The molecule has 0 aliphatic rings. The molecule has 6 nitrogen and oxygen atoms in total. The summed E-state index contributed by atoms with van der Waals surface area (Å²) in [7, 11) is -4.33. The van der Waals surface area contributed by atoms with Crippen molar-refractivity contribution in [1.29, 1.82) is 0 Å². The molecule has 0 saturated carbocycles. The van der Waals surface area contributed by atoms with E-state index in [-0.39, 0.29) is 22.9 Å². The lowest BCUT2D eigenvalue weighted by molar-refractivity contribution is 0.304. The highest BCUT2D eigenvalue weighted by molar-refractivity contribution is 7.86. The third kappa shape index (κ3) is 3.37. The van der Waals surface area contributed by atoms with Crippen molar-refractivity contribution in [2.24, 2.45) is 5.73 Å². The summed E-state index contributed by atoms with van der Waals surface area (Å²) in [5.74, 6) is 0.0742. The molecule has 0 aliphatic carbocycles. The monoisotopic (exact) mass is 246 g/mol. The number of anilines is 1. The molecule has 90 valence electrons. The minimum atomic E-state index is -4.33. The lowest BCUT2D eigenvalue weighted by Crippen LogP contribution is -2.09. The predicted octanol–water partition coefficient (Wildman–Crippen LogP) is 0.243. The van der Waals surface area contributed by atoms with E-state index in [1.165, 1.54) is 12.1 Å². The largest absolute Gasteiger partial charge is 0.492 e. The molecule has 0 spiro atoms. The van der Waals surface area contributed by atoms with E-state index < -0.39 is 10.1 Å². The van der Waals surface area contributed by atoms with E-state index in [4.69, 9.17) is 20.8 Å². The number of benzene rings is 1. The highest BCUT2D eigenvalue weighted by atomic mass is 32.2. The van der Waals surface area contributed by atoms with Crippen molar-refractivity contribution in [2.75, 3.05) is 18.9 Å². The van der Waals surface area contributed by atoms with Gasteiger partial charge in [0.1, 0.15) is 10.6 Å². The highest BCUT2D eigenvalue weighted by Crippen LogP contribution is 2.25. The highest BCUT2D eigenvalue weighted by Gasteiger charge is 2.16. The van der Waals surface area contributed by atoms with Crippen LogP contribution in [-0.2, 0) is 10.1 Å². The van der Waals surface area contributed by atoms with Crippen LogP contribution in [-0.4, -0.2) is 26.1 Å². The number of nitrogen functional groups attached to an aromatic ring is 1. The van der Waals surface area contributed by atoms with Gasteiger partial charge in [-0.3, -0.25) is 4.55 Å². The first-order valence-corrected chi connectivity index (χ1v) is 6.09. The molecule has 0 fully saturated rings. The van der Waals surface area contributed by atoms with E-state index in [0.717, 1.165) is 6.07 Å². The summed E-state index contributed by atoms with van der Waals surface area (Å²) in [5.41, 5.74) is 10.9. The summed E-state index contributed by atoms with van der Waals surface area (Å²) in [5, 5.41) is 0. The Hall–Kier alpha value is -1.31. The van der Waals surface area contributed by atoms with Crippen molar-refractivity contribution in [3.63, 3.8) is 0 Å². The summed E-state index contributed by atoms with van der Waals surface area (Å²) in [6, 6.07) is 4.04. The van der Waals surface area contributed by atoms with Crippen molar-refractivity contribution < 1.29 is 17.7 Å². The zero-order valence-corrected chi connectivity index (χ0v) is 9.40. The van der Waals surface area contributed by atoms with Gasteiger partial charge in [0.15, 0.2) is 0 Å². The van der Waals surface area contributed by atoms with Crippen molar-refractivity contribution in [1.82, 2.24) is 0 Å². The van der Waals surface area contributed by atoms with E-state index >= 15 is 0 Å². The Morgan fingerprint density at radius 3 is 2.62 bits per heavy atom. The summed E-state index contributed by atoms with van der Waals surface area (Å²) >= 11 is 0. The maximum Gasteiger partial charge on any atom is 0.298 e. The molecule has 0 aliphatic heterocycles. The third-order valence-electron chi connectivity index (χ3n) is 1.85. The summed E-state index contributed by atoms with van der Waals surface area (Å²) < 4.78 is 36.2. The topological polar surface area (TPSA) is 116 Å². The number of nitrogens with two attached hydrogens (primary N) is 2. The summed E-state index contributed by atoms with van der Waals surface area (Å²) in [6.45, 7) is 0.721. The standard InChI is InChI=1S/C9H14N2O4S/c10-4-1-5-15-8-3-2-7(11)6-9(8)16(12,13)14/h2-3,6H,1,4-5,10-11H2,(H,12,13,14). The second-order valence-electron chi connectivity index (χ2n) is 3.17. The Morgan fingerprint density at radius 2 is 2.06 bits per heavy atom. The minimum absolute atomic E-state index is 0.0742.